The Balaban J connectivity index is 2.51. The van der Waals surface area contributed by atoms with Gasteiger partial charge in [0.25, 0.3) is 0 Å². The maximum absolute atomic E-state index is 11.8. The van der Waals surface area contributed by atoms with Crippen molar-refractivity contribution in [2.75, 3.05) is 6.54 Å². The van der Waals surface area contributed by atoms with Crippen molar-refractivity contribution in [3.63, 3.8) is 0 Å². The number of amides is 1. The molecule has 1 rings (SSSR count). The third-order valence-corrected chi connectivity index (χ3v) is 1.97. The van der Waals surface area contributed by atoms with Crippen molar-refractivity contribution in [2.45, 2.75) is 6.18 Å². The Morgan fingerprint density at radius 3 is 2.71 bits per heavy atom. The van der Waals surface area contributed by atoms with Crippen molar-refractivity contribution >= 4 is 23.6 Å². The largest absolute Gasteiger partial charge is 0.405 e. The Bertz CT molecular complexity index is 429. The van der Waals surface area contributed by atoms with Crippen molar-refractivity contribution in [3.05, 3.63) is 40.9 Å². The minimum absolute atomic E-state index is 0.489. The molecular formula is C11H9ClF3NO. The molecule has 0 unspecified atom stereocenters. The highest BCUT2D eigenvalue weighted by molar-refractivity contribution is 6.30. The molecule has 0 radical (unpaired) electrons. The predicted molar refractivity (Wildman–Crippen MR) is 59.6 cm³/mol. The van der Waals surface area contributed by atoms with E-state index < -0.39 is 18.6 Å². The quantitative estimate of drug-likeness (QED) is 0.835. The van der Waals surface area contributed by atoms with Crippen molar-refractivity contribution in [2.24, 2.45) is 0 Å². The molecule has 1 aromatic carbocycles. The lowest BCUT2D eigenvalue weighted by molar-refractivity contribution is -0.135. The second-order valence-corrected chi connectivity index (χ2v) is 3.66. The Hall–Kier alpha value is -1.49. The first-order valence-electron chi connectivity index (χ1n) is 4.65. The van der Waals surface area contributed by atoms with Crippen LogP contribution >= 0.6 is 11.6 Å². The van der Waals surface area contributed by atoms with E-state index in [0.29, 0.717) is 10.6 Å². The van der Waals surface area contributed by atoms with E-state index in [1.54, 1.807) is 29.6 Å². The Labute approximate surface area is 101 Å². The summed E-state index contributed by atoms with van der Waals surface area (Å²) in [5.74, 6) is -0.803. The first-order chi connectivity index (χ1) is 7.87. The van der Waals surface area contributed by atoms with Gasteiger partial charge in [0.05, 0.1) is 0 Å². The molecule has 0 spiro atoms. The summed E-state index contributed by atoms with van der Waals surface area (Å²) in [6.45, 7) is -1.34. The zero-order valence-electron chi connectivity index (χ0n) is 8.59. The fourth-order valence-electron chi connectivity index (χ4n) is 1.03. The lowest BCUT2D eigenvalue weighted by atomic mass is 10.2. The van der Waals surface area contributed by atoms with E-state index in [1.807, 2.05) is 0 Å². The topological polar surface area (TPSA) is 29.1 Å². The molecule has 0 bridgehead atoms. The normalized spacial score (nSPS) is 11.8. The molecule has 0 aliphatic carbocycles. The molecule has 0 aromatic heterocycles. The summed E-state index contributed by atoms with van der Waals surface area (Å²) < 4.78 is 35.3. The zero-order chi connectivity index (χ0) is 12.9. The van der Waals surface area contributed by atoms with Crippen molar-refractivity contribution in [3.8, 4) is 0 Å². The summed E-state index contributed by atoms with van der Waals surface area (Å²) in [5, 5.41) is 2.21. The second-order valence-electron chi connectivity index (χ2n) is 3.22. The molecule has 2 nitrogen and oxygen atoms in total. The zero-order valence-corrected chi connectivity index (χ0v) is 9.35. The second kappa shape index (κ2) is 5.72. The number of rotatable bonds is 3. The molecule has 0 atom stereocenters. The Morgan fingerprint density at radius 2 is 2.12 bits per heavy atom. The molecule has 1 N–H and O–H groups in total. The van der Waals surface area contributed by atoms with Crippen LogP contribution in [-0.4, -0.2) is 18.6 Å². The van der Waals surface area contributed by atoms with E-state index in [-0.39, 0.29) is 0 Å². The van der Waals surface area contributed by atoms with Crippen LogP contribution in [-0.2, 0) is 4.79 Å². The van der Waals surface area contributed by atoms with Crippen LogP contribution in [0.2, 0.25) is 5.02 Å². The molecular weight excluding hydrogens is 255 g/mol. The number of carbonyl (C=O) groups excluding carboxylic acids is 1. The molecule has 6 heteroatoms. The van der Waals surface area contributed by atoms with Gasteiger partial charge in [-0.25, -0.2) is 0 Å². The summed E-state index contributed by atoms with van der Waals surface area (Å²) in [6, 6.07) is 6.60. The van der Waals surface area contributed by atoms with Gasteiger partial charge in [-0.1, -0.05) is 23.7 Å². The molecule has 0 aliphatic rings. The molecule has 0 heterocycles. The lowest BCUT2D eigenvalue weighted by Crippen LogP contribution is -2.32. The minimum Gasteiger partial charge on any atom is -0.343 e. The number of hydrogen-bond acceptors (Lipinski definition) is 1. The number of nitrogens with one attached hydrogen (secondary N) is 1. The van der Waals surface area contributed by atoms with Crippen molar-refractivity contribution < 1.29 is 18.0 Å². The number of halogens is 4. The average Bonchev–Trinajstić information content (AvgIpc) is 2.23. The summed E-state index contributed by atoms with van der Waals surface area (Å²) >= 11 is 5.70. The van der Waals surface area contributed by atoms with Gasteiger partial charge >= 0.3 is 6.18 Å². The molecule has 0 fully saturated rings. The van der Waals surface area contributed by atoms with Crippen molar-refractivity contribution in [1.29, 1.82) is 0 Å². The van der Waals surface area contributed by atoms with E-state index in [1.165, 1.54) is 6.08 Å². The molecule has 0 saturated heterocycles. The summed E-state index contributed by atoms with van der Waals surface area (Å²) in [4.78, 5) is 11.0. The van der Waals surface area contributed by atoms with Gasteiger partial charge in [0, 0.05) is 11.1 Å². The van der Waals surface area contributed by atoms with Crippen LogP contribution in [0.5, 0.6) is 0 Å². The Kier molecular flexibility index (Phi) is 4.57. The van der Waals surface area contributed by atoms with Crippen LogP contribution in [0, 0.1) is 0 Å². The maximum atomic E-state index is 11.8. The monoisotopic (exact) mass is 263 g/mol. The fourth-order valence-corrected chi connectivity index (χ4v) is 1.23. The van der Waals surface area contributed by atoms with E-state index in [9.17, 15) is 18.0 Å². The van der Waals surface area contributed by atoms with Crippen LogP contribution in [0.3, 0.4) is 0 Å². The molecule has 1 amide bonds. The van der Waals surface area contributed by atoms with Crippen molar-refractivity contribution in [1.82, 2.24) is 5.32 Å². The number of carbonyl (C=O) groups is 1. The van der Waals surface area contributed by atoms with Gasteiger partial charge in [-0.05, 0) is 23.8 Å². The number of hydrogen-bond donors (Lipinski definition) is 1. The van der Waals surface area contributed by atoms with E-state index in [0.717, 1.165) is 6.08 Å². The summed E-state index contributed by atoms with van der Waals surface area (Å²) in [5.41, 5.74) is 0.639. The molecule has 1 aromatic rings. The van der Waals surface area contributed by atoms with Crippen LogP contribution < -0.4 is 5.32 Å². The molecule has 92 valence electrons. The Morgan fingerprint density at radius 1 is 1.41 bits per heavy atom. The minimum atomic E-state index is -4.40. The highest BCUT2D eigenvalue weighted by Crippen LogP contribution is 2.13. The fraction of sp³-hybridized carbons (Fsp3) is 0.182. The lowest BCUT2D eigenvalue weighted by Gasteiger charge is -2.05. The molecule has 17 heavy (non-hydrogen) atoms. The maximum Gasteiger partial charge on any atom is 0.405 e. The van der Waals surface area contributed by atoms with Gasteiger partial charge in [0.2, 0.25) is 5.91 Å². The summed E-state index contributed by atoms with van der Waals surface area (Å²) in [7, 11) is 0. The third kappa shape index (κ3) is 5.97. The van der Waals surface area contributed by atoms with Gasteiger partial charge in [0.15, 0.2) is 0 Å². The van der Waals surface area contributed by atoms with Crippen LogP contribution in [0.15, 0.2) is 30.3 Å². The first kappa shape index (κ1) is 13.6. The van der Waals surface area contributed by atoms with Crippen LogP contribution in [0.1, 0.15) is 5.56 Å². The van der Waals surface area contributed by atoms with Gasteiger partial charge in [0.1, 0.15) is 6.54 Å². The summed E-state index contributed by atoms with van der Waals surface area (Å²) in [6.07, 6.45) is -1.99. The highest BCUT2D eigenvalue weighted by atomic mass is 35.5. The average molecular weight is 264 g/mol. The number of alkyl halides is 3. The van der Waals surface area contributed by atoms with E-state index >= 15 is 0 Å². The smallest absolute Gasteiger partial charge is 0.343 e. The molecule has 0 saturated carbocycles. The standard InChI is InChI=1S/C11H9ClF3NO/c12-9-3-1-2-8(6-9)4-5-10(17)16-7-11(13,14)15/h1-6H,7H2,(H,16,17). The van der Waals surface area contributed by atoms with Crippen LogP contribution in [0.4, 0.5) is 13.2 Å². The highest BCUT2D eigenvalue weighted by Gasteiger charge is 2.27. The van der Waals surface area contributed by atoms with Gasteiger partial charge < -0.3 is 5.32 Å². The third-order valence-electron chi connectivity index (χ3n) is 1.74. The predicted octanol–water partition coefficient (Wildman–Crippen LogP) is 3.03. The van der Waals surface area contributed by atoms with E-state index in [4.69, 9.17) is 11.6 Å². The van der Waals surface area contributed by atoms with Gasteiger partial charge in [-0.2, -0.15) is 13.2 Å². The van der Waals surface area contributed by atoms with E-state index in [2.05, 4.69) is 0 Å². The van der Waals surface area contributed by atoms with Crippen LogP contribution in [0.25, 0.3) is 6.08 Å². The SMILES string of the molecule is O=C(C=Cc1cccc(Cl)c1)NCC(F)(F)F. The van der Waals surface area contributed by atoms with Gasteiger partial charge in [-0.3, -0.25) is 4.79 Å². The number of benzene rings is 1. The first-order valence-corrected chi connectivity index (χ1v) is 5.03. The van der Waals surface area contributed by atoms with Gasteiger partial charge in [-0.15, -0.1) is 0 Å². The molecule has 0 aliphatic heterocycles.